The van der Waals surface area contributed by atoms with Crippen molar-refractivity contribution in [3.8, 4) is 0 Å². The van der Waals surface area contributed by atoms with Crippen LogP contribution >= 0.6 is 0 Å². The molecule has 0 aliphatic carbocycles. The van der Waals surface area contributed by atoms with Crippen LogP contribution in [0.25, 0.3) is 21.8 Å². The van der Waals surface area contributed by atoms with Crippen LogP contribution in [0.4, 0.5) is 5.69 Å². The number of fused-ring (bicyclic) bond motifs is 1. The molecule has 0 atom stereocenters. The van der Waals surface area contributed by atoms with E-state index < -0.39 is 0 Å². The fourth-order valence-electron chi connectivity index (χ4n) is 1.62. The summed E-state index contributed by atoms with van der Waals surface area (Å²) in [5, 5.41) is 7.87. The van der Waals surface area contributed by atoms with E-state index in [2.05, 4.69) is 65.6 Å². The Bertz CT molecular complexity index is 717. The molecule has 0 aliphatic rings. The molecule has 0 aromatic heterocycles. The van der Waals surface area contributed by atoms with Gasteiger partial charge in [0.15, 0.2) is 0 Å². The van der Waals surface area contributed by atoms with Crippen LogP contribution in [0.1, 0.15) is 129 Å². The first-order valence-corrected chi connectivity index (χ1v) is 15.5. The number of nitrogens with zero attached hydrogens (tertiary/aromatic N) is 4. The molecule has 0 radical (unpaired) electrons. The van der Waals surface area contributed by atoms with Crippen LogP contribution in [0.5, 0.6) is 0 Å². The first kappa shape index (κ1) is 58.7. The van der Waals surface area contributed by atoms with Gasteiger partial charge in [-0.15, -0.1) is 0 Å². The summed E-state index contributed by atoms with van der Waals surface area (Å²) in [7, 11) is 1.31. The molecule has 0 saturated heterocycles. The van der Waals surface area contributed by atoms with Crippen molar-refractivity contribution in [2.24, 2.45) is 10.2 Å². The maximum absolute atomic E-state index is 8.52. The van der Waals surface area contributed by atoms with Crippen molar-refractivity contribution in [1.82, 2.24) is 0 Å². The van der Waals surface area contributed by atoms with E-state index in [0.29, 0.717) is 5.69 Å². The number of benzene rings is 3. The van der Waals surface area contributed by atoms with Gasteiger partial charge in [-0.2, -0.15) is 0 Å². The van der Waals surface area contributed by atoms with E-state index in [1.807, 2.05) is 114 Å². The number of hydrogen-bond acceptors (Lipinski definition) is 2. The van der Waals surface area contributed by atoms with Crippen LogP contribution < -0.4 is 0 Å². The normalized spacial score (nSPS) is 6.90. The second-order valence-electron chi connectivity index (χ2n) is 7.11. The largest absolute Gasteiger partial charge is 2.00 e. The minimum Gasteiger partial charge on any atom is -0.712 e. The van der Waals surface area contributed by atoms with E-state index in [1.165, 1.54) is 39.2 Å². The first-order valence-electron chi connectivity index (χ1n) is 15.5. The molecule has 0 bridgehead atoms. The van der Waals surface area contributed by atoms with Gasteiger partial charge in [0.1, 0.15) is 0 Å². The molecule has 236 valence electrons. The van der Waals surface area contributed by atoms with Crippen LogP contribution in [-0.2, 0) is 0 Å². The summed E-state index contributed by atoms with van der Waals surface area (Å²) in [6.45, 7) is 29.1. The molecule has 3 rings (SSSR count). The van der Waals surface area contributed by atoms with Crippen molar-refractivity contribution in [3.63, 3.8) is 0 Å². The fraction of sp³-hybridized carbons (Fsp3) is 0.556. The summed E-state index contributed by atoms with van der Waals surface area (Å²) in [5.41, 5.74) is 16.3. The van der Waals surface area contributed by atoms with Gasteiger partial charge in [-0.1, -0.05) is 196 Å². The Morgan fingerprint density at radius 3 is 1.00 bits per heavy atom. The van der Waals surface area contributed by atoms with Gasteiger partial charge in [0.05, 0.1) is 0 Å². The molecule has 41 heavy (non-hydrogen) atoms. The van der Waals surface area contributed by atoms with E-state index in [1.54, 1.807) is 6.07 Å². The first-order chi connectivity index (χ1) is 19.5. The van der Waals surface area contributed by atoms with Crippen molar-refractivity contribution in [3.05, 3.63) is 89.9 Å². The molecule has 0 heterocycles. The third kappa shape index (κ3) is 67.6. The molecule has 0 unspecified atom stereocenters. The standard InChI is InChI=1S/C10H7N2.C6H6.C4H10.3C3H8.3C2H6.CH3N2.U/c11-12-10-6-5-8-3-1-2-4-9(8)7-10;1-2-4-6-5-3-1;1-3-4-2;3*1-3-2;3*1-2;1-3-2;/h1-7H;1-6H;3-4H2,1-2H3;3*3H2,1-2H3;3*1-2H3;1H3;/q-1;;;;;;;;;-1;+2. The molecule has 4 nitrogen and oxygen atoms in total. The zero-order chi connectivity index (χ0) is 32.9. The second kappa shape index (κ2) is 71.4. The van der Waals surface area contributed by atoms with Crippen LogP contribution in [0.2, 0.25) is 0 Å². The Kier molecular flexibility index (Phi) is 102. The molecule has 0 spiro atoms. The topological polar surface area (TPSA) is 69.3 Å². The second-order valence-corrected chi connectivity index (χ2v) is 7.11. The summed E-state index contributed by atoms with van der Waals surface area (Å²) >= 11 is 0. The number of rotatable bonds is 2. The van der Waals surface area contributed by atoms with Crippen molar-refractivity contribution in [1.29, 1.82) is 0 Å². The third-order valence-electron chi connectivity index (χ3n) is 3.02. The maximum Gasteiger partial charge on any atom is 2.00 e. The summed E-state index contributed by atoms with van der Waals surface area (Å²) in [6.07, 6.45) is 6.39. The molecule has 0 aliphatic heterocycles. The van der Waals surface area contributed by atoms with Crippen molar-refractivity contribution >= 4 is 16.5 Å². The fourth-order valence-corrected chi connectivity index (χ4v) is 1.62. The predicted molar refractivity (Wildman–Crippen MR) is 190 cm³/mol. The molecule has 0 fully saturated rings. The Hall–Kier alpha value is -1.83. The van der Waals surface area contributed by atoms with Gasteiger partial charge in [-0.3, -0.25) is 0 Å². The molecular weight excluding hydrogens is 726 g/mol. The Morgan fingerprint density at radius 2 is 0.756 bits per heavy atom. The Morgan fingerprint density at radius 1 is 0.488 bits per heavy atom. The zero-order valence-corrected chi connectivity index (χ0v) is 34.0. The van der Waals surface area contributed by atoms with Gasteiger partial charge in [-0.25, -0.2) is 0 Å². The number of unbranched alkanes of at least 4 members (excludes halogenated alkanes) is 1. The van der Waals surface area contributed by atoms with E-state index >= 15 is 0 Å². The third-order valence-corrected chi connectivity index (χ3v) is 3.02. The van der Waals surface area contributed by atoms with Gasteiger partial charge in [-0.05, 0) is 22.9 Å². The molecule has 5 heteroatoms. The SMILES string of the molecule is CC.CC.CC.CCC.CCC.CCC.CCCC.CN=[N-].[N-]=Nc1ccc2ccccc2c1.[U+2].c1ccccc1. The smallest absolute Gasteiger partial charge is 0.712 e. The molecule has 0 saturated carbocycles. The van der Waals surface area contributed by atoms with Crippen LogP contribution in [0.15, 0.2) is 89.1 Å². The van der Waals surface area contributed by atoms with E-state index in [4.69, 9.17) is 11.1 Å². The molecule has 3 aromatic carbocycles. The minimum absolute atomic E-state index is 0. The average molecular weight is 795 g/mol. The molecule has 0 amide bonds. The monoisotopic (exact) mass is 795 g/mol. The predicted octanol–water partition coefficient (Wildman–Crippen LogP) is 15.0. The van der Waals surface area contributed by atoms with Crippen molar-refractivity contribution in [2.45, 2.75) is 129 Å². The van der Waals surface area contributed by atoms with Gasteiger partial charge >= 0.3 is 31.1 Å². The summed E-state index contributed by atoms with van der Waals surface area (Å²) in [5.74, 6) is 0. The van der Waals surface area contributed by atoms with E-state index in [9.17, 15) is 0 Å². The maximum atomic E-state index is 8.52. The van der Waals surface area contributed by atoms with Crippen LogP contribution in [-0.4, -0.2) is 7.05 Å². The van der Waals surface area contributed by atoms with Gasteiger partial charge in [0.25, 0.3) is 0 Å². The summed E-state index contributed by atoms with van der Waals surface area (Å²) < 4.78 is 0. The van der Waals surface area contributed by atoms with Gasteiger partial charge < -0.3 is 21.3 Å². The van der Waals surface area contributed by atoms with E-state index in [0.717, 1.165) is 10.8 Å². The van der Waals surface area contributed by atoms with Gasteiger partial charge in [0, 0.05) is 12.7 Å². The summed E-state index contributed by atoms with van der Waals surface area (Å²) in [6, 6.07) is 25.5. The summed E-state index contributed by atoms with van der Waals surface area (Å²) in [4.78, 5) is 0. The van der Waals surface area contributed by atoms with Crippen molar-refractivity contribution < 1.29 is 31.1 Å². The molecular formula is C36H68N4U. The number of hydrogen-bond donors (Lipinski definition) is 0. The minimum atomic E-state index is 0. The Labute approximate surface area is 282 Å². The van der Waals surface area contributed by atoms with Crippen LogP contribution in [0.3, 0.4) is 0 Å². The van der Waals surface area contributed by atoms with Gasteiger partial charge in [0.2, 0.25) is 0 Å². The quantitative estimate of drug-likeness (QED) is 0.232. The zero-order valence-electron chi connectivity index (χ0n) is 29.8. The van der Waals surface area contributed by atoms with Crippen molar-refractivity contribution in [2.75, 3.05) is 7.05 Å². The Balaban J connectivity index is -0.0000000544. The van der Waals surface area contributed by atoms with E-state index in [-0.39, 0.29) is 31.1 Å². The average Bonchev–Trinajstić information content (AvgIpc) is 3.03. The molecule has 3 aromatic rings. The van der Waals surface area contributed by atoms with Crippen LogP contribution in [0, 0.1) is 31.1 Å². The molecule has 0 N–H and O–H groups in total.